The van der Waals surface area contributed by atoms with Crippen LogP contribution in [0.3, 0.4) is 0 Å². The second kappa shape index (κ2) is 12.2. The highest BCUT2D eigenvalue weighted by molar-refractivity contribution is 6.30. The first kappa shape index (κ1) is 28.2. The molecule has 3 aliphatic carbocycles. The molecule has 0 N–H and O–H groups in total. The fourth-order valence-electron chi connectivity index (χ4n) is 8.42. The molecule has 3 atom stereocenters. The van der Waals surface area contributed by atoms with Gasteiger partial charge in [0.2, 0.25) is 0 Å². The van der Waals surface area contributed by atoms with Crippen LogP contribution in [0.25, 0.3) is 0 Å². The van der Waals surface area contributed by atoms with Crippen molar-refractivity contribution in [1.29, 1.82) is 0 Å². The van der Waals surface area contributed by atoms with Crippen LogP contribution in [-0.4, -0.2) is 29.6 Å². The Hall–Kier alpha value is -2.62. The number of fused-ring (bicyclic) bond motifs is 3. The van der Waals surface area contributed by atoms with Gasteiger partial charge < -0.3 is 4.74 Å². The van der Waals surface area contributed by atoms with Crippen LogP contribution in [0.2, 0.25) is 10.0 Å². The zero-order valence-corrected chi connectivity index (χ0v) is 25.6. The average molecular weight is 597 g/mol. The molecule has 2 bridgehead atoms. The zero-order chi connectivity index (χ0) is 28.5. The highest BCUT2D eigenvalue weighted by atomic mass is 35.5. The Morgan fingerprint density at radius 2 is 1.07 bits per heavy atom. The van der Waals surface area contributed by atoms with E-state index < -0.39 is 0 Å². The van der Waals surface area contributed by atoms with Gasteiger partial charge in [0.05, 0.1) is 6.10 Å². The molecule has 4 aromatic rings. The lowest BCUT2D eigenvalue weighted by atomic mass is 9.51. The van der Waals surface area contributed by atoms with Crippen molar-refractivity contribution in [3.8, 4) is 0 Å². The number of ether oxygens (including phenoxy) is 1. The quantitative estimate of drug-likeness (QED) is 0.211. The molecule has 4 aliphatic rings. The first-order chi connectivity index (χ1) is 20.6. The fraction of sp³-hybridized carbons (Fsp3) is 0.368. The first-order valence-electron chi connectivity index (χ1n) is 15.6. The van der Waals surface area contributed by atoms with Crippen LogP contribution in [0.4, 0.5) is 0 Å². The van der Waals surface area contributed by atoms with Gasteiger partial charge in [-0.3, -0.25) is 4.90 Å². The van der Waals surface area contributed by atoms with Crippen molar-refractivity contribution >= 4 is 23.2 Å². The van der Waals surface area contributed by atoms with E-state index in [9.17, 15) is 0 Å². The molecule has 1 saturated heterocycles. The van der Waals surface area contributed by atoms with Gasteiger partial charge in [-0.25, -0.2) is 0 Å². The van der Waals surface area contributed by atoms with Crippen molar-refractivity contribution in [2.24, 2.45) is 5.92 Å². The first-order valence-corrected chi connectivity index (χ1v) is 16.4. The van der Waals surface area contributed by atoms with Gasteiger partial charge in [0.1, 0.15) is 6.10 Å². The van der Waals surface area contributed by atoms with Gasteiger partial charge in [0.25, 0.3) is 0 Å². The van der Waals surface area contributed by atoms with Gasteiger partial charge in [0, 0.05) is 15.6 Å². The fourth-order valence-corrected chi connectivity index (χ4v) is 8.68. The summed E-state index contributed by atoms with van der Waals surface area (Å²) in [7, 11) is 0. The van der Waals surface area contributed by atoms with Gasteiger partial charge in [-0.15, -0.1) is 0 Å². The minimum atomic E-state index is -0.199. The summed E-state index contributed by atoms with van der Waals surface area (Å²) in [5, 5.41) is 1.48. The van der Waals surface area contributed by atoms with Gasteiger partial charge in [0.15, 0.2) is 0 Å². The molecule has 0 spiro atoms. The molecule has 0 amide bonds. The summed E-state index contributed by atoms with van der Waals surface area (Å²) >= 11 is 12.7. The summed E-state index contributed by atoms with van der Waals surface area (Å²) in [6.07, 6.45) is 7.31. The largest absolute Gasteiger partial charge is 0.365 e. The highest BCUT2D eigenvalue weighted by Gasteiger charge is 2.58. The standard InChI is InChI=1S/C38H39Cl2NO/c39-31-18-14-29(15-19-31)37(30-16-20-32(40)21-17-30)42-35-26-38(41-22-8-3-9-23-41)24-33(27-10-4-1-5-11-27)36(35)34(25-38)28-12-6-2-7-13-28/h1-2,4-7,10-21,33-37H,3,8-9,22-26H2/t33-,34-,35+,36?,38?/m0/s1. The second-order valence-corrected chi connectivity index (χ2v) is 13.5. The molecule has 4 heteroatoms. The van der Waals surface area contributed by atoms with Gasteiger partial charge in [-0.05, 0) is 109 Å². The minimum absolute atomic E-state index is 0.0983. The molecule has 1 aliphatic heterocycles. The molecule has 0 aromatic heterocycles. The summed E-state index contributed by atoms with van der Waals surface area (Å²) in [6.45, 7) is 2.39. The molecule has 0 radical (unpaired) electrons. The number of halogens is 2. The lowest BCUT2D eigenvalue weighted by molar-refractivity contribution is -0.147. The second-order valence-electron chi connectivity index (χ2n) is 12.7. The Labute approximate surface area is 260 Å². The molecular weight excluding hydrogens is 557 g/mol. The summed E-state index contributed by atoms with van der Waals surface area (Å²) in [4.78, 5) is 2.87. The van der Waals surface area contributed by atoms with Crippen molar-refractivity contribution < 1.29 is 4.74 Å². The van der Waals surface area contributed by atoms with E-state index in [0.29, 0.717) is 17.8 Å². The normalized spacial score (nSPS) is 27.8. The summed E-state index contributed by atoms with van der Waals surface area (Å²) in [5.41, 5.74) is 5.27. The average Bonchev–Trinajstić information content (AvgIpc) is 3.06. The van der Waals surface area contributed by atoms with E-state index >= 15 is 0 Å². The predicted octanol–water partition coefficient (Wildman–Crippen LogP) is 10.1. The highest BCUT2D eigenvalue weighted by Crippen LogP contribution is 2.61. The molecule has 216 valence electrons. The lowest BCUT2D eigenvalue weighted by Crippen LogP contribution is -2.64. The maximum Gasteiger partial charge on any atom is 0.108 e. The molecule has 8 rings (SSSR count). The van der Waals surface area contributed by atoms with E-state index in [1.54, 1.807) is 0 Å². The molecule has 3 saturated carbocycles. The van der Waals surface area contributed by atoms with Crippen LogP contribution in [0.15, 0.2) is 109 Å². The summed E-state index contributed by atoms with van der Waals surface area (Å²) < 4.78 is 7.48. The molecule has 4 aromatic carbocycles. The molecular formula is C38H39Cl2NO. The van der Waals surface area contributed by atoms with Crippen LogP contribution < -0.4 is 0 Å². The van der Waals surface area contributed by atoms with Crippen molar-refractivity contribution in [1.82, 2.24) is 4.90 Å². The Morgan fingerprint density at radius 3 is 1.55 bits per heavy atom. The third-order valence-corrected chi connectivity index (χ3v) is 10.8. The van der Waals surface area contributed by atoms with Gasteiger partial charge in [-0.1, -0.05) is 115 Å². The van der Waals surface area contributed by atoms with E-state index in [4.69, 9.17) is 27.9 Å². The van der Waals surface area contributed by atoms with Gasteiger partial charge in [-0.2, -0.15) is 0 Å². The van der Waals surface area contributed by atoms with Crippen molar-refractivity contribution in [2.45, 2.75) is 68.1 Å². The van der Waals surface area contributed by atoms with Crippen LogP contribution >= 0.6 is 23.2 Å². The van der Waals surface area contributed by atoms with Crippen LogP contribution in [0.5, 0.6) is 0 Å². The molecule has 0 unspecified atom stereocenters. The number of hydrogen-bond acceptors (Lipinski definition) is 2. The minimum Gasteiger partial charge on any atom is -0.365 e. The molecule has 4 fully saturated rings. The number of likely N-dealkylation sites (tertiary alicyclic amines) is 1. The van der Waals surface area contributed by atoms with Crippen LogP contribution in [0.1, 0.15) is 78.7 Å². The van der Waals surface area contributed by atoms with E-state index in [2.05, 4.69) is 89.8 Å². The number of hydrogen-bond donors (Lipinski definition) is 0. The van der Waals surface area contributed by atoms with Crippen LogP contribution in [0, 0.1) is 5.92 Å². The SMILES string of the molecule is Clc1ccc(C(O[C@@H]2CC3(N4CCCCC4)C[C@@H](c4ccccc4)C2[C@H](c2ccccc2)C3)c2ccc(Cl)cc2)cc1. The Morgan fingerprint density at radius 1 is 0.595 bits per heavy atom. The summed E-state index contributed by atoms with van der Waals surface area (Å²) in [6, 6.07) is 38.9. The number of piperidine rings is 1. The topological polar surface area (TPSA) is 12.5 Å². The predicted molar refractivity (Wildman–Crippen MR) is 173 cm³/mol. The van der Waals surface area contributed by atoms with Crippen molar-refractivity contribution in [2.75, 3.05) is 13.1 Å². The molecule has 2 nitrogen and oxygen atoms in total. The maximum atomic E-state index is 7.48. The third kappa shape index (κ3) is 5.55. The van der Waals surface area contributed by atoms with E-state index in [-0.39, 0.29) is 17.7 Å². The van der Waals surface area contributed by atoms with Crippen LogP contribution in [-0.2, 0) is 4.74 Å². The Bertz CT molecular complexity index is 1360. The monoisotopic (exact) mass is 595 g/mol. The Balaban J connectivity index is 1.35. The summed E-state index contributed by atoms with van der Waals surface area (Å²) in [5.74, 6) is 1.24. The number of rotatable bonds is 7. The van der Waals surface area contributed by atoms with E-state index in [1.165, 1.54) is 56.3 Å². The zero-order valence-electron chi connectivity index (χ0n) is 24.0. The van der Waals surface area contributed by atoms with Crippen molar-refractivity contribution in [3.63, 3.8) is 0 Å². The maximum absolute atomic E-state index is 7.48. The third-order valence-electron chi connectivity index (χ3n) is 10.3. The smallest absolute Gasteiger partial charge is 0.108 e. The van der Waals surface area contributed by atoms with Gasteiger partial charge >= 0.3 is 0 Å². The Kier molecular flexibility index (Phi) is 8.16. The molecule has 1 heterocycles. The van der Waals surface area contributed by atoms with Crippen molar-refractivity contribution in [3.05, 3.63) is 141 Å². The lowest BCUT2D eigenvalue weighted by Gasteiger charge is -2.62. The number of benzene rings is 4. The number of nitrogens with zero attached hydrogens (tertiary/aromatic N) is 1. The van der Waals surface area contributed by atoms with E-state index in [1.807, 2.05) is 24.3 Å². The van der Waals surface area contributed by atoms with E-state index in [0.717, 1.165) is 27.6 Å². The molecule has 42 heavy (non-hydrogen) atoms.